The van der Waals surface area contributed by atoms with Crippen LogP contribution in [0.4, 0.5) is 19.4 Å². The number of nitriles is 2. The van der Waals surface area contributed by atoms with E-state index in [1.165, 1.54) is 18.2 Å². The molecule has 0 fully saturated rings. The first-order chi connectivity index (χ1) is 13.6. The Balaban J connectivity index is 2.28. The number of hydrogen-bond acceptors (Lipinski definition) is 4. The Kier molecular flexibility index (Phi) is 5.46. The van der Waals surface area contributed by atoms with Crippen LogP contribution in [-0.2, 0) is 0 Å². The highest BCUT2D eigenvalue weighted by atomic mass is 35.5. The van der Waals surface area contributed by atoms with Crippen molar-refractivity contribution in [1.29, 1.82) is 10.5 Å². The lowest BCUT2D eigenvalue weighted by molar-refractivity contribution is 0.0896. The zero-order valence-electron chi connectivity index (χ0n) is 15.1. The quantitative estimate of drug-likeness (QED) is 0.533. The average molecular weight is 466 g/mol. The zero-order valence-corrected chi connectivity index (χ0v) is 16.7. The van der Waals surface area contributed by atoms with E-state index in [-0.39, 0.29) is 22.4 Å². The van der Waals surface area contributed by atoms with Crippen LogP contribution >= 0.6 is 21.8 Å². The molecular formula is C18H13ClF5N3O2S. The number of ether oxygens (including phenoxy) is 1. The Morgan fingerprint density at radius 2 is 1.80 bits per heavy atom. The van der Waals surface area contributed by atoms with Crippen LogP contribution in [-0.4, -0.2) is 18.1 Å². The molecule has 0 bridgehead atoms. The van der Waals surface area contributed by atoms with Gasteiger partial charge in [0.2, 0.25) is 0 Å². The van der Waals surface area contributed by atoms with E-state index in [4.69, 9.17) is 21.6 Å². The van der Waals surface area contributed by atoms with Gasteiger partial charge in [-0.3, -0.25) is 4.79 Å². The molecular weight excluding hydrogens is 453 g/mol. The molecule has 0 aliphatic carbocycles. The lowest BCUT2D eigenvalue weighted by Gasteiger charge is -2.41. The van der Waals surface area contributed by atoms with Gasteiger partial charge < -0.3 is 10.1 Å². The second kappa shape index (κ2) is 7.04. The monoisotopic (exact) mass is 465 g/mol. The number of nitrogens with one attached hydrogen (secondary N) is 1. The topological polar surface area (TPSA) is 85.9 Å². The van der Waals surface area contributed by atoms with Gasteiger partial charge >= 0.3 is 10.2 Å². The molecule has 5 nitrogen and oxygen atoms in total. The molecule has 12 heteroatoms. The van der Waals surface area contributed by atoms with Gasteiger partial charge in [0.05, 0.1) is 28.3 Å². The van der Waals surface area contributed by atoms with Crippen LogP contribution in [0.1, 0.15) is 22.8 Å². The fourth-order valence-electron chi connectivity index (χ4n) is 2.31. The van der Waals surface area contributed by atoms with Crippen LogP contribution in [0.25, 0.3) is 0 Å². The van der Waals surface area contributed by atoms with Gasteiger partial charge in [-0.15, -0.1) is 0 Å². The number of carbonyl (C=O) groups excluding carboxylic acids is 1. The molecule has 0 aromatic heterocycles. The molecule has 1 N–H and O–H groups in total. The van der Waals surface area contributed by atoms with Gasteiger partial charge in [0, 0.05) is 0 Å². The summed E-state index contributed by atoms with van der Waals surface area (Å²) in [5.74, 6) is -1.49. The molecule has 1 unspecified atom stereocenters. The van der Waals surface area contributed by atoms with Gasteiger partial charge in [-0.25, -0.2) is 0 Å². The third-order valence-corrected chi connectivity index (χ3v) is 5.24. The minimum Gasteiger partial charge on any atom is -0.488 e. The molecule has 160 valence electrons. The molecule has 2 rings (SSSR count). The van der Waals surface area contributed by atoms with E-state index in [1.54, 1.807) is 6.07 Å². The van der Waals surface area contributed by atoms with Gasteiger partial charge in [-0.1, -0.05) is 43.2 Å². The Labute approximate surface area is 173 Å². The SMILES string of the molecule is CC(C#N)(COc1ccc(C#N)cc1Cl)NC(=O)c1ccccc1S(F)(F)(F)(F)F. The first-order valence-corrected chi connectivity index (χ1v) is 10.3. The van der Waals surface area contributed by atoms with E-state index in [0.717, 1.165) is 19.1 Å². The van der Waals surface area contributed by atoms with Gasteiger partial charge in [0.1, 0.15) is 17.3 Å². The van der Waals surface area contributed by atoms with Gasteiger partial charge in [-0.2, -0.15) is 10.5 Å². The Bertz CT molecular complexity index is 1100. The normalized spacial score (nSPS) is 15.5. The van der Waals surface area contributed by atoms with Crippen LogP contribution in [0.2, 0.25) is 5.02 Å². The maximum atomic E-state index is 13.3. The first-order valence-electron chi connectivity index (χ1n) is 7.98. The largest absolute Gasteiger partial charge is 0.488 e. The summed E-state index contributed by atoms with van der Waals surface area (Å²) >= 11 is 5.93. The lowest BCUT2D eigenvalue weighted by atomic mass is 10.1. The molecule has 30 heavy (non-hydrogen) atoms. The molecule has 0 aliphatic rings. The smallest absolute Gasteiger partial charge is 0.311 e. The van der Waals surface area contributed by atoms with Gasteiger partial charge in [0.15, 0.2) is 5.54 Å². The number of benzene rings is 2. The van der Waals surface area contributed by atoms with Crippen LogP contribution in [0, 0.1) is 22.7 Å². The van der Waals surface area contributed by atoms with Crippen LogP contribution < -0.4 is 10.1 Å². The summed E-state index contributed by atoms with van der Waals surface area (Å²) in [4.78, 5) is 9.98. The molecule has 1 atom stereocenters. The minimum atomic E-state index is -10.2. The van der Waals surface area contributed by atoms with Crippen molar-refractivity contribution in [3.8, 4) is 17.9 Å². The summed E-state index contributed by atoms with van der Waals surface area (Å²) in [5, 5.41) is 20.2. The maximum Gasteiger partial charge on any atom is 0.311 e. The zero-order chi connectivity index (χ0) is 22.9. The van der Waals surface area contributed by atoms with Crippen molar-refractivity contribution in [2.75, 3.05) is 6.61 Å². The fraction of sp³-hybridized carbons (Fsp3) is 0.167. The molecule has 0 saturated heterocycles. The third kappa shape index (κ3) is 5.53. The maximum absolute atomic E-state index is 13.3. The second-order valence-corrected chi connectivity index (χ2v) is 9.19. The first kappa shape index (κ1) is 23.3. The van der Waals surface area contributed by atoms with Crippen molar-refractivity contribution in [2.24, 2.45) is 0 Å². The van der Waals surface area contributed by atoms with E-state index in [0.29, 0.717) is 6.07 Å². The molecule has 2 aromatic rings. The van der Waals surface area contributed by atoms with E-state index in [2.05, 4.69) is 0 Å². The molecule has 0 heterocycles. The van der Waals surface area contributed by atoms with E-state index < -0.39 is 38.7 Å². The molecule has 0 spiro atoms. The summed E-state index contributed by atoms with van der Waals surface area (Å²) in [6, 6.07) is 9.88. The van der Waals surface area contributed by atoms with Crippen molar-refractivity contribution in [2.45, 2.75) is 17.4 Å². The summed E-state index contributed by atoms with van der Waals surface area (Å²) in [6.45, 7) is 0.560. The number of halogens is 6. The van der Waals surface area contributed by atoms with E-state index >= 15 is 0 Å². The van der Waals surface area contributed by atoms with E-state index in [1.807, 2.05) is 11.4 Å². The highest BCUT2D eigenvalue weighted by molar-refractivity contribution is 8.45. The number of nitrogens with zero attached hydrogens (tertiary/aromatic N) is 2. The minimum absolute atomic E-state index is 0.0203. The molecule has 0 aliphatic heterocycles. The summed E-state index contributed by atoms with van der Waals surface area (Å²) in [5.41, 5.74) is -2.98. The molecule has 2 aromatic carbocycles. The number of amides is 1. The standard InChI is InChI=1S/C18H13ClF5N3O2S/c1-18(10-26,11-29-15-7-6-12(9-25)8-14(15)19)27-17(28)13-4-2-3-5-16(13)30(20,21,22,23)24/h2-8H,11H2,1H3,(H,27,28). The van der Waals surface area contributed by atoms with Gasteiger partial charge in [-0.05, 0) is 37.3 Å². The van der Waals surface area contributed by atoms with Crippen molar-refractivity contribution < 1.29 is 29.0 Å². The van der Waals surface area contributed by atoms with Crippen molar-refractivity contribution in [3.63, 3.8) is 0 Å². The molecule has 0 saturated carbocycles. The predicted molar refractivity (Wildman–Crippen MR) is 101 cm³/mol. The van der Waals surface area contributed by atoms with E-state index in [9.17, 15) is 29.5 Å². The van der Waals surface area contributed by atoms with Crippen molar-refractivity contribution >= 4 is 27.7 Å². The van der Waals surface area contributed by atoms with Crippen molar-refractivity contribution in [3.05, 3.63) is 58.6 Å². The predicted octanol–water partition coefficient (Wildman–Crippen LogP) is 5.96. The Hall–Kier alpha value is -3.02. The Morgan fingerprint density at radius 1 is 1.17 bits per heavy atom. The summed E-state index contributed by atoms with van der Waals surface area (Å²) < 4.78 is 71.6. The number of rotatable bonds is 6. The van der Waals surface area contributed by atoms with Crippen LogP contribution in [0.15, 0.2) is 47.4 Å². The van der Waals surface area contributed by atoms with Crippen molar-refractivity contribution in [1.82, 2.24) is 5.32 Å². The fourth-order valence-corrected chi connectivity index (χ4v) is 3.46. The third-order valence-electron chi connectivity index (χ3n) is 3.76. The summed E-state index contributed by atoms with van der Waals surface area (Å²) in [6.07, 6.45) is 0. The highest BCUT2D eigenvalue weighted by Crippen LogP contribution is 3.02. The van der Waals surface area contributed by atoms with Gasteiger partial charge in [0.25, 0.3) is 5.91 Å². The molecule has 1 amide bonds. The second-order valence-electron chi connectivity index (χ2n) is 6.41. The summed E-state index contributed by atoms with van der Waals surface area (Å²) in [7, 11) is -10.2. The lowest BCUT2D eigenvalue weighted by Crippen LogP contribution is -2.49. The molecule has 0 radical (unpaired) electrons. The highest BCUT2D eigenvalue weighted by Gasteiger charge is 2.67. The average Bonchev–Trinajstić information content (AvgIpc) is 2.65. The number of carbonyl (C=O) groups is 1. The number of hydrogen-bond donors (Lipinski definition) is 1. The van der Waals surface area contributed by atoms with Crippen LogP contribution in [0.5, 0.6) is 5.75 Å². The Morgan fingerprint density at radius 3 is 2.33 bits per heavy atom. The van der Waals surface area contributed by atoms with Crippen LogP contribution in [0.3, 0.4) is 0 Å².